The van der Waals surface area contributed by atoms with Crippen LogP contribution in [0.15, 0.2) is 30.3 Å². The highest BCUT2D eigenvalue weighted by molar-refractivity contribution is 5.85. The largest absolute Gasteiger partial charge is 0.445 e. The van der Waals surface area contributed by atoms with Crippen LogP contribution in [0.1, 0.15) is 32.3 Å². The van der Waals surface area contributed by atoms with E-state index in [1.807, 2.05) is 44.2 Å². The summed E-state index contributed by atoms with van der Waals surface area (Å²) in [5.74, 6) is -0.144. The van der Waals surface area contributed by atoms with E-state index in [1.54, 1.807) is 0 Å². The van der Waals surface area contributed by atoms with Gasteiger partial charge in [-0.1, -0.05) is 44.2 Å². The van der Waals surface area contributed by atoms with Crippen LogP contribution in [0.4, 0.5) is 4.79 Å². The van der Waals surface area contributed by atoms with Crippen LogP contribution in [0.2, 0.25) is 0 Å². The van der Waals surface area contributed by atoms with Gasteiger partial charge < -0.3 is 25.2 Å². The Balaban J connectivity index is 1.87. The lowest BCUT2D eigenvalue weighted by atomic mass is 10.0. The standard InChI is InChI=1S/C18H26N2O5/c1-12(2)10-15(16(21)19-14-8-9-24-17(14)22)20-18(23)25-11-13-6-4-3-5-7-13/h3-7,12,14-15,17,22H,8-11H2,1-2H3,(H,19,21)(H,20,23)/t14-,15-,17?/m0/s1. The molecule has 2 amide bonds. The van der Waals surface area contributed by atoms with Crippen molar-refractivity contribution in [3.63, 3.8) is 0 Å². The van der Waals surface area contributed by atoms with Crippen LogP contribution in [-0.2, 0) is 20.9 Å². The molecule has 138 valence electrons. The topological polar surface area (TPSA) is 96.9 Å². The Morgan fingerprint density at radius 1 is 1.32 bits per heavy atom. The Bertz CT molecular complexity index is 564. The number of aliphatic hydroxyl groups excluding tert-OH is 1. The zero-order valence-electron chi connectivity index (χ0n) is 14.6. The smallest absolute Gasteiger partial charge is 0.408 e. The van der Waals surface area contributed by atoms with Gasteiger partial charge in [0.05, 0.1) is 12.6 Å². The molecular weight excluding hydrogens is 324 g/mol. The van der Waals surface area contributed by atoms with E-state index in [2.05, 4.69) is 10.6 Å². The molecule has 1 fully saturated rings. The number of amides is 2. The van der Waals surface area contributed by atoms with Gasteiger partial charge in [-0.25, -0.2) is 4.79 Å². The van der Waals surface area contributed by atoms with Crippen LogP contribution < -0.4 is 10.6 Å². The van der Waals surface area contributed by atoms with Gasteiger partial charge in [-0.2, -0.15) is 0 Å². The van der Waals surface area contributed by atoms with E-state index >= 15 is 0 Å². The molecule has 1 aliphatic heterocycles. The molecule has 1 aromatic carbocycles. The monoisotopic (exact) mass is 350 g/mol. The average Bonchev–Trinajstić information content (AvgIpc) is 2.98. The average molecular weight is 350 g/mol. The van der Waals surface area contributed by atoms with Crippen LogP contribution in [0, 0.1) is 5.92 Å². The van der Waals surface area contributed by atoms with E-state index in [-0.39, 0.29) is 18.4 Å². The molecule has 0 spiro atoms. The third kappa shape index (κ3) is 6.36. The second-order valence-electron chi connectivity index (χ2n) is 6.55. The van der Waals surface area contributed by atoms with Crippen molar-refractivity contribution in [3.05, 3.63) is 35.9 Å². The Morgan fingerprint density at radius 3 is 2.64 bits per heavy atom. The third-order valence-corrected chi connectivity index (χ3v) is 3.92. The van der Waals surface area contributed by atoms with Gasteiger partial charge in [0.25, 0.3) is 0 Å². The molecule has 0 bridgehead atoms. The molecule has 0 saturated carbocycles. The summed E-state index contributed by atoms with van der Waals surface area (Å²) >= 11 is 0. The first kappa shape index (κ1) is 19.2. The lowest BCUT2D eigenvalue weighted by Gasteiger charge is -2.23. The molecular formula is C18H26N2O5. The summed E-state index contributed by atoms with van der Waals surface area (Å²) in [6.07, 6.45) is -0.642. The molecule has 1 heterocycles. The van der Waals surface area contributed by atoms with E-state index in [0.29, 0.717) is 19.4 Å². The number of rotatable bonds is 7. The fraction of sp³-hybridized carbons (Fsp3) is 0.556. The van der Waals surface area contributed by atoms with Crippen molar-refractivity contribution in [3.8, 4) is 0 Å². The molecule has 2 rings (SSSR count). The summed E-state index contributed by atoms with van der Waals surface area (Å²) < 4.78 is 10.2. The lowest BCUT2D eigenvalue weighted by Crippen LogP contribution is -2.51. The summed E-state index contributed by atoms with van der Waals surface area (Å²) in [4.78, 5) is 24.5. The number of carbonyl (C=O) groups excluding carboxylic acids is 2. The van der Waals surface area contributed by atoms with Crippen LogP contribution in [0.25, 0.3) is 0 Å². The van der Waals surface area contributed by atoms with Gasteiger partial charge in [-0.05, 0) is 24.3 Å². The number of nitrogens with one attached hydrogen (secondary N) is 2. The number of carbonyl (C=O) groups is 2. The number of hydrogen-bond donors (Lipinski definition) is 3. The first-order chi connectivity index (χ1) is 12.0. The molecule has 1 aromatic rings. The van der Waals surface area contributed by atoms with Crippen molar-refractivity contribution in [2.24, 2.45) is 5.92 Å². The van der Waals surface area contributed by atoms with Crippen molar-refractivity contribution < 1.29 is 24.2 Å². The lowest BCUT2D eigenvalue weighted by molar-refractivity contribution is -0.127. The number of ether oxygens (including phenoxy) is 2. The molecule has 3 atom stereocenters. The molecule has 1 aliphatic rings. The van der Waals surface area contributed by atoms with Gasteiger partial charge in [0.15, 0.2) is 6.29 Å². The summed E-state index contributed by atoms with van der Waals surface area (Å²) in [5, 5.41) is 15.0. The Morgan fingerprint density at radius 2 is 2.04 bits per heavy atom. The van der Waals surface area contributed by atoms with Crippen LogP contribution >= 0.6 is 0 Å². The van der Waals surface area contributed by atoms with Gasteiger partial charge in [-0.3, -0.25) is 4.79 Å². The Labute approximate surface area is 147 Å². The number of hydrogen-bond acceptors (Lipinski definition) is 5. The van der Waals surface area contributed by atoms with Crippen LogP contribution in [-0.4, -0.2) is 42.1 Å². The van der Waals surface area contributed by atoms with Gasteiger partial charge in [0.1, 0.15) is 12.6 Å². The molecule has 7 nitrogen and oxygen atoms in total. The van der Waals surface area contributed by atoms with Crippen LogP contribution in [0.3, 0.4) is 0 Å². The Hall–Kier alpha value is -2.12. The summed E-state index contributed by atoms with van der Waals surface area (Å²) in [5.41, 5.74) is 0.869. The first-order valence-corrected chi connectivity index (χ1v) is 8.53. The normalized spacial score (nSPS) is 21.0. The van der Waals surface area contributed by atoms with E-state index in [1.165, 1.54) is 0 Å². The molecule has 25 heavy (non-hydrogen) atoms. The van der Waals surface area contributed by atoms with Crippen molar-refractivity contribution in [1.82, 2.24) is 10.6 Å². The number of benzene rings is 1. The minimum absolute atomic E-state index is 0.137. The van der Waals surface area contributed by atoms with Gasteiger partial charge >= 0.3 is 6.09 Å². The molecule has 7 heteroatoms. The van der Waals surface area contributed by atoms with Crippen molar-refractivity contribution in [2.75, 3.05) is 6.61 Å². The van der Waals surface area contributed by atoms with Crippen molar-refractivity contribution in [1.29, 1.82) is 0 Å². The maximum Gasteiger partial charge on any atom is 0.408 e. The highest BCUT2D eigenvalue weighted by Crippen LogP contribution is 2.12. The predicted octanol–water partition coefficient (Wildman–Crippen LogP) is 1.55. The van der Waals surface area contributed by atoms with E-state index in [0.717, 1.165) is 5.56 Å². The molecule has 0 aliphatic carbocycles. The van der Waals surface area contributed by atoms with Gasteiger partial charge in [-0.15, -0.1) is 0 Å². The second kappa shape index (κ2) is 9.39. The summed E-state index contributed by atoms with van der Waals surface area (Å²) in [6.45, 7) is 4.46. The summed E-state index contributed by atoms with van der Waals surface area (Å²) in [7, 11) is 0. The predicted molar refractivity (Wildman–Crippen MR) is 91.5 cm³/mol. The Kier molecular flexibility index (Phi) is 7.21. The van der Waals surface area contributed by atoms with Gasteiger partial charge in [0, 0.05) is 0 Å². The maximum atomic E-state index is 12.4. The number of aliphatic hydroxyl groups is 1. The number of alkyl carbamates (subject to hydrolysis) is 1. The van der Waals surface area contributed by atoms with Gasteiger partial charge in [0.2, 0.25) is 5.91 Å². The fourth-order valence-electron chi connectivity index (χ4n) is 2.61. The van der Waals surface area contributed by atoms with Crippen LogP contribution in [0.5, 0.6) is 0 Å². The highest BCUT2D eigenvalue weighted by atomic mass is 16.6. The molecule has 3 N–H and O–H groups in total. The minimum atomic E-state index is -1.01. The molecule has 0 radical (unpaired) electrons. The third-order valence-electron chi connectivity index (χ3n) is 3.92. The maximum absolute atomic E-state index is 12.4. The zero-order valence-corrected chi connectivity index (χ0v) is 14.6. The van der Waals surface area contributed by atoms with Crippen molar-refractivity contribution in [2.45, 2.75) is 51.7 Å². The quantitative estimate of drug-likeness (QED) is 0.693. The first-order valence-electron chi connectivity index (χ1n) is 8.53. The minimum Gasteiger partial charge on any atom is -0.445 e. The SMILES string of the molecule is CC(C)C[C@H](NC(=O)OCc1ccccc1)C(=O)N[C@H]1CCOC1O. The zero-order chi connectivity index (χ0) is 18.2. The van der Waals surface area contributed by atoms with E-state index < -0.39 is 24.5 Å². The fourth-order valence-corrected chi connectivity index (χ4v) is 2.61. The van der Waals surface area contributed by atoms with E-state index in [9.17, 15) is 14.7 Å². The second-order valence-corrected chi connectivity index (χ2v) is 6.55. The molecule has 0 aromatic heterocycles. The van der Waals surface area contributed by atoms with Crippen molar-refractivity contribution >= 4 is 12.0 Å². The molecule has 1 unspecified atom stereocenters. The summed E-state index contributed by atoms with van der Waals surface area (Å²) in [6, 6.07) is 8.13. The highest BCUT2D eigenvalue weighted by Gasteiger charge is 2.31. The molecule has 1 saturated heterocycles. The van der Waals surface area contributed by atoms with E-state index in [4.69, 9.17) is 9.47 Å².